The number of amides is 4. The van der Waals surface area contributed by atoms with E-state index in [0.717, 1.165) is 6.42 Å². The number of carbonyl (C=O) groups excluding carboxylic acids is 4. The zero-order valence-electron chi connectivity index (χ0n) is 38.2. The Morgan fingerprint density at radius 2 is 1.69 bits per heavy atom. The molecule has 4 amide bonds. The van der Waals surface area contributed by atoms with Gasteiger partial charge in [-0.15, -0.1) is 0 Å². The molecule has 346 valence electrons. The van der Waals surface area contributed by atoms with E-state index >= 15 is 4.79 Å². The van der Waals surface area contributed by atoms with Crippen molar-refractivity contribution < 1.29 is 46.5 Å². The quantitative estimate of drug-likeness (QED) is 0.194. The summed E-state index contributed by atoms with van der Waals surface area (Å²) in [7, 11) is -2.47. The highest BCUT2D eigenvalue weighted by atomic mass is 32.2. The maximum Gasteiger partial charge on any atom is 0.408 e. The predicted octanol–water partition coefficient (Wildman–Crippen LogP) is 6.22. The van der Waals surface area contributed by atoms with E-state index in [-0.39, 0.29) is 43.2 Å². The first-order valence-electron chi connectivity index (χ1n) is 22.3. The largest absolute Gasteiger partial charge is 0.497 e. The van der Waals surface area contributed by atoms with E-state index < -0.39 is 73.8 Å². The van der Waals surface area contributed by atoms with Crippen LogP contribution >= 0.6 is 0 Å². The molecule has 1 aromatic heterocycles. The second-order valence-corrected chi connectivity index (χ2v) is 21.7. The number of nitrogens with zero attached hydrogens (tertiary/aromatic N) is 3. The summed E-state index contributed by atoms with van der Waals surface area (Å²) in [5.41, 5.74) is -0.289. The molecule has 2 aliphatic heterocycles. The van der Waals surface area contributed by atoms with E-state index in [1.165, 1.54) is 4.90 Å². The number of nitrogens with one attached hydrogen (secondary N) is 3. The summed E-state index contributed by atoms with van der Waals surface area (Å²) in [5, 5.41) is 5.76. The SMILES string of the molecule is COc1ccc2nc(O[C@@H]3C[C@H]4C(=O)N[C@]5(C(=O)NS(=O)(=O)C6(C)CC6)C[C@H]5/C=C\CC[C@@H](C)C[C@@H](C)[C@H](NC(=O)OC(C)(C)C)C(=O)N4C3)c(-c3ccc(OC(C)C)cc3)nc2c1. The molecule has 0 unspecified atom stereocenters. The highest BCUT2D eigenvalue weighted by molar-refractivity contribution is 7.91. The van der Waals surface area contributed by atoms with Gasteiger partial charge in [0, 0.05) is 24.0 Å². The fourth-order valence-electron chi connectivity index (χ4n) is 8.57. The normalized spacial score (nSPS) is 27.5. The average Bonchev–Trinajstić information content (AvgIpc) is 4.10. The molecular formula is C47H62N6O10S. The lowest BCUT2D eigenvalue weighted by atomic mass is 9.88. The van der Waals surface area contributed by atoms with Crippen LogP contribution in [0.3, 0.4) is 0 Å². The monoisotopic (exact) mass is 902 g/mol. The topological polar surface area (TPSA) is 204 Å². The van der Waals surface area contributed by atoms with Crippen LogP contribution in [0.1, 0.15) is 100 Å². The molecule has 64 heavy (non-hydrogen) atoms. The number of allylic oxidation sites excluding steroid dienone is 1. The lowest BCUT2D eigenvalue weighted by Gasteiger charge is -2.33. The number of hydrogen-bond acceptors (Lipinski definition) is 12. The van der Waals surface area contributed by atoms with Crippen molar-refractivity contribution in [2.45, 2.75) is 141 Å². The maximum atomic E-state index is 15.1. The van der Waals surface area contributed by atoms with Crippen LogP contribution < -0.4 is 29.6 Å². The summed E-state index contributed by atoms with van der Waals surface area (Å²) in [6.07, 6.45) is 5.14. The van der Waals surface area contributed by atoms with Crippen LogP contribution in [0.4, 0.5) is 4.79 Å². The Morgan fingerprint density at radius 1 is 0.984 bits per heavy atom. The molecule has 0 bridgehead atoms. The Labute approximate surface area is 375 Å². The number of carbonyl (C=O) groups is 4. The second kappa shape index (κ2) is 17.8. The van der Waals surface area contributed by atoms with Gasteiger partial charge >= 0.3 is 6.09 Å². The van der Waals surface area contributed by atoms with Crippen LogP contribution in [0, 0.1) is 17.8 Å². The minimum Gasteiger partial charge on any atom is -0.497 e. The van der Waals surface area contributed by atoms with E-state index in [4.69, 9.17) is 28.9 Å². The first kappa shape index (κ1) is 46.5. The third-order valence-electron chi connectivity index (χ3n) is 12.5. The van der Waals surface area contributed by atoms with Gasteiger partial charge in [0.25, 0.3) is 5.91 Å². The summed E-state index contributed by atoms with van der Waals surface area (Å²) < 4.78 is 51.6. The predicted molar refractivity (Wildman–Crippen MR) is 240 cm³/mol. The van der Waals surface area contributed by atoms with Gasteiger partial charge in [-0.25, -0.2) is 23.2 Å². The minimum absolute atomic E-state index is 0.0287. The molecule has 0 spiro atoms. The number of ether oxygens (including phenoxy) is 4. The molecule has 7 rings (SSSR count). The van der Waals surface area contributed by atoms with Crippen LogP contribution in [0.15, 0.2) is 54.6 Å². The summed E-state index contributed by atoms with van der Waals surface area (Å²) in [4.78, 5) is 68.6. The van der Waals surface area contributed by atoms with Crippen LogP contribution in [-0.4, -0.2) is 101 Å². The fourth-order valence-corrected chi connectivity index (χ4v) is 9.88. The van der Waals surface area contributed by atoms with E-state index in [0.29, 0.717) is 59.5 Å². The molecule has 3 aromatic rings. The molecule has 2 saturated carbocycles. The van der Waals surface area contributed by atoms with Crippen molar-refractivity contribution in [3.63, 3.8) is 0 Å². The van der Waals surface area contributed by atoms with Crippen LogP contribution in [0.5, 0.6) is 17.4 Å². The Bertz CT molecular complexity index is 2410. The molecule has 3 N–H and O–H groups in total. The van der Waals surface area contributed by atoms with E-state index in [2.05, 4.69) is 22.3 Å². The van der Waals surface area contributed by atoms with Crippen LogP contribution in [0.2, 0.25) is 0 Å². The molecule has 16 nitrogen and oxygen atoms in total. The van der Waals surface area contributed by atoms with Gasteiger partial charge in [-0.1, -0.05) is 26.0 Å². The summed E-state index contributed by atoms with van der Waals surface area (Å²) in [5.74, 6) is -1.35. The van der Waals surface area contributed by atoms with Crippen LogP contribution in [-0.2, 0) is 29.1 Å². The van der Waals surface area contributed by atoms with Gasteiger partial charge in [0.05, 0.1) is 35.5 Å². The van der Waals surface area contributed by atoms with Gasteiger partial charge in [-0.3, -0.25) is 19.1 Å². The number of sulfonamides is 1. The van der Waals surface area contributed by atoms with Gasteiger partial charge in [-0.05, 0) is 128 Å². The van der Waals surface area contributed by atoms with Crippen LogP contribution in [0.25, 0.3) is 22.3 Å². The Balaban J connectivity index is 1.26. The summed E-state index contributed by atoms with van der Waals surface area (Å²) in [6, 6.07) is 10.3. The highest BCUT2D eigenvalue weighted by Gasteiger charge is 2.63. The smallest absolute Gasteiger partial charge is 0.408 e. The summed E-state index contributed by atoms with van der Waals surface area (Å²) >= 11 is 0. The molecule has 3 fully saturated rings. The number of alkyl carbamates (subject to hydrolysis) is 1. The van der Waals surface area contributed by atoms with Gasteiger partial charge in [0.2, 0.25) is 27.7 Å². The fraction of sp³-hybridized carbons (Fsp3) is 0.574. The Kier molecular flexibility index (Phi) is 13.0. The molecule has 1 saturated heterocycles. The number of methoxy groups -OCH3 is 1. The molecule has 7 atom stereocenters. The van der Waals surface area contributed by atoms with Crippen molar-refractivity contribution >= 4 is 44.9 Å². The number of hydrogen-bond donors (Lipinski definition) is 3. The Morgan fingerprint density at radius 3 is 2.34 bits per heavy atom. The van der Waals surface area contributed by atoms with Crippen molar-refractivity contribution in [3.05, 3.63) is 54.6 Å². The van der Waals surface area contributed by atoms with Crippen molar-refractivity contribution in [1.82, 2.24) is 30.2 Å². The van der Waals surface area contributed by atoms with Gasteiger partial charge < -0.3 is 34.5 Å². The third-order valence-corrected chi connectivity index (χ3v) is 14.7. The standard InChI is InChI=1S/C47H62N6O10S/c1-27(2)61-32-16-14-30(15-17-32)39-41(49-35-19-18-33(60-9)23-36(35)48-39)62-34-24-37-40(54)51-47(43(56)52-64(58,59)46(8)20-21-46)25-31(47)13-11-10-12-28(3)22-29(4)38(42(55)53(37)26-34)50-44(57)63-45(5,6)7/h11,13-19,23,27-29,31,34,37-38H,10,12,20-22,24-26H2,1-9H3,(H,50,57)(H,51,54)(H,52,56)/b13-11-/t28-,29-,31-,34-,37+,38+,47-/m1/s1. The lowest BCUT2D eigenvalue weighted by Crippen LogP contribution is -2.59. The molecule has 17 heteroatoms. The molecular weight excluding hydrogens is 841 g/mol. The van der Waals surface area contributed by atoms with E-state index in [1.807, 2.05) is 57.2 Å². The molecule has 0 radical (unpaired) electrons. The number of rotatable bonds is 10. The highest BCUT2D eigenvalue weighted by Crippen LogP contribution is 2.48. The van der Waals surface area contributed by atoms with Gasteiger partial charge in [-0.2, -0.15) is 0 Å². The maximum absolute atomic E-state index is 15.1. The minimum atomic E-state index is -4.04. The molecule has 2 aromatic carbocycles. The van der Waals surface area contributed by atoms with Crippen molar-refractivity contribution in [2.75, 3.05) is 13.7 Å². The molecule has 4 aliphatic rings. The lowest BCUT2D eigenvalue weighted by molar-refractivity contribution is -0.142. The summed E-state index contributed by atoms with van der Waals surface area (Å²) in [6.45, 7) is 14.5. The first-order valence-corrected chi connectivity index (χ1v) is 23.7. The Hall–Kier alpha value is -5.45. The van der Waals surface area contributed by atoms with Crippen molar-refractivity contribution in [3.8, 4) is 28.6 Å². The van der Waals surface area contributed by atoms with Gasteiger partial charge in [0.1, 0.15) is 46.5 Å². The second-order valence-electron chi connectivity index (χ2n) is 19.5. The van der Waals surface area contributed by atoms with E-state index in [9.17, 15) is 22.8 Å². The number of benzene rings is 2. The molecule has 3 heterocycles. The van der Waals surface area contributed by atoms with Crippen molar-refractivity contribution in [2.24, 2.45) is 17.8 Å². The molecule has 2 aliphatic carbocycles. The number of aromatic nitrogens is 2. The average molecular weight is 903 g/mol. The van der Waals surface area contributed by atoms with Gasteiger partial charge in [0.15, 0.2) is 0 Å². The third kappa shape index (κ3) is 10.2. The zero-order chi connectivity index (χ0) is 46.4. The first-order chi connectivity index (χ1) is 30.1. The zero-order valence-corrected chi connectivity index (χ0v) is 39.0. The van der Waals surface area contributed by atoms with E-state index in [1.54, 1.807) is 53.0 Å². The van der Waals surface area contributed by atoms with Crippen molar-refractivity contribution in [1.29, 1.82) is 0 Å². The number of fused-ring (bicyclic) bond motifs is 3.